The molecule has 1 aromatic carbocycles. The molecule has 0 aliphatic heterocycles. The predicted octanol–water partition coefficient (Wildman–Crippen LogP) is 7.18. The van der Waals surface area contributed by atoms with Crippen molar-refractivity contribution in [1.82, 2.24) is 0 Å². The number of aliphatic carboxylic acids is 1. The van der Waals surface area contributed by atoms with Crippen LogP contribution in [-0.4, -0.2) is 24.8 Å². The average Bonchev–Trinajstić information content (AvgIpc) is 3.47. The highest BCUT2D eigenvalue weighted by Crippen LogP contribution is 2.32. The minimum atomic E-state index is -0.751. The summed E-state index contributed by atoms with van der Waals surface area (Å²) in [6.07, 6.45) is 10.7. The van der Waals surface area contributed by atoms with Crippen molar-refractivity contribution in [2.24, 2.45) is 0 Å². The maximum absolute atomic E-state index is 10.7. The summed E-state index contributed by atoms with van der Waals surface area (Å²) in [6.45, 7) is 0.542. The van der Waals surface area contributed by atoms with Gasteiger partial charge in [0, 0.05) is 27.3 Å². The lowest BCUT2D eigenvalue weighted by atomic mass is 10.1. The lowest BCUT2D eigenvalue weighted by Crippen LogP contribution is -2.01. The third-order valence-electron chi connectivity index (χ3n) is 4.60. The van der Waals surface area contributed by atoms with Crippen LogP contribution in [0, 0.1) is 0 Å². The normalized spacial score (nSPS) is 11.4. The Morgan fingerprint density at radius 2 is 1.52 bits per heavy atom. The molecule has 0 amide bonds. The van der Waals surface area contributed by atoms with Crippen LogP contribution < -0.4 is 9.47 Å². The van der Waals surface area contributed by atoms with Gasteiger partial charge in [0.15, 0.2) is 0 Å². The molecule has 0 aliphatic carbocycles. The van der Waals surface area contributed by atoms with E-state index in [9.17, 15) is 4.79 Å². The Labute approximate surface area is 191 Å². The minimum Gasteiger partial charge on any atom is -0.496 e. The molecule has 0 saturated carbocycles. The van der Waals surface area contributed by atoms with Crippen molar-refractivity contribution in [3.8, 4) is 11.5 Å². The van der Waals surface area contributed by atoms with Gasteiger partial charge in [-0.05, 0) is 78.6 Å². The van der Waals surface area contributed by atoms with Crippen molar-refractivity contribution in [3.63, 3.8) is 0 Å². The molecule has 0 bridgehead atoms. The topological polar surface area (TPSA) is 55.8 Å². The number of benzene rings is 1. The zero-order chi connectivity index (χ0) is 21.9. The molecule has 0 atom stereocenters. The fraction of sp³-hybridized carbons (Fsp3) is 0.240. The molecule has 162 valence electrons. The molecular formula is C25H26O4S2. The zero-order valence-electron chi connectivity index (χ0n) is 17.5. The maximum Gasteiger partial charge on any atom is 0.303 e. The molecule has 1 N–H and O–H groups in total. The minimum absolute atomic E-state index is 0.203. The molecule has 2 heterocycles. The smallest absolute Gasteiger partial charge is 0.303 e. The van der Waals surface area contributed by atoms with Gasteiger partial charge in [0.05, 0.1) is 13.7 Å². The van der Waals surface area contributed by atoms with E-state index in [2.05, 4.69) is 24.3 Å². The molecule has 0 fully saturated rings. The van der Waals surface area contributed by atoms with Gasteiger partial charge in [0.1, 0.15) is 11.5 Å². The van der Waals surface area contributed by atoms with Gasteiger partial charge in [-0.15, -0.1) is 22.7 Å². The molecule has 0 saturated heterocycles. The van der Waals surface area contributed by atoms with Crippen molar-refractivity contribution in [2.75, 3.05) is 13.7 Å². The third-order valence-corrected chi connectivity index (χ3v) is 6.27. The number of carbonyl (C=O) groups is 1. The average molecular weight is 455 g/mol. The molecule has 0 unspecified atom stereocenters. The van der Waals surface area contributed by atoms with Crippen LogP contribution in [0.5, 0.6) is 11.5 Å². The lowest BCUT2D eigenvalue weighted by molar-refractivity contribution is -0.137. The van der Waals surface area contributed by atoms with Gasteiger partial charge < -0.3 is 14.6 Å². The molecule has 31 heavy (non-hydrogen) atoms. The number of carboxylic acids is 1. The van der Waals surface area contributed by atoms with Crippen LogP contribution in [0.15, 0.2) is 47.2 Å². The highest BCUT2D eigenvalue weighted by atomic mass is 32.1. The summed E-state index contributed by atoms with van der Waals surface area (Å²) < 4.78 is 11.7. The number of methoxy groups -OCH3 is 1. The van der Waals surface area contributed by atoms with Crippen molar-refractivity contribution in [3.05, 3.63) is 68.0 Å². The number of rotatable bonds is 12. The summed E-state index contributed by atoms with van der Waals surface area (Å²) in [5.74, 6) is 0.823. The fourth-order valence-electron chi connectivity index (χ4n) is 3.01. The standard InChI is InChI=1S/C25H26O4S2/c1-28-23-17-20(11-13-22-8-6-16-31-22)24(29-14-4-2-3-9-25(26)27)18-19(23)10-12-21-7-5-15-30-21/h5-8,10-13,15-18H,2-4,9,14H2,1H3,(H,26,27)/b12-10+,13-11+. The van der Waals surface area contributed by atoms with Gasteiger partial charge in [-0.2, -0.15) is 0 Å². The van der Waals surface area contributed by atoms with Gasteiger partial charge in [-0.3, -0.25) is 4.79 Å². The third kappa shape index (κ3) is 7.42. The van der Waals surface area contributed by atoms with Crippen LogP contribution in [0.4, 0.5) is 0 Å². The van der Waals surface area contributed by atoms with E-state index in [1.807, 2.05) is 47.2 Å². The quantitative estimate of drug-likeness (QED) is 0.294. The molecular weight excluding hydrogens is 428 g/mol. The molecule has 3 aromatic rings. The number of unbranched alkanes of at least 4 members (excludes halogenated alkanes) is 2. The van der Waals surface area contributed by atoms with E-state index in [0.29, 0.717) is 13.0 Å². The van der Waals surface area contributed by atoms with Crippen LogP contribution in [0.25, 0.3) is 24.3 Å². The van der Waals surface area contributed by atoms with Gasteiger partial charge in [0.2, 0.25) is 0 Å². The summed E-state index contributed by atoms with van der Waals surface area (Å²) in [4.78, 5) is 13.0. The van der Waals surface area contributed by atoms with E-state index < -0.39 is 5.97 Å². The summed E-state index contributed by atoms with van der Waals surface area (Å²) in [5.41, 5.74) is 1.90. The SMILES string of the molecule is COc1cc(/C=C/c2cccs2)c(OCCCCCC(=O)O)cc1/C=C/c1cccs1. The Bertz CT molecular complexity index is 1000. The molecule has 6 heteroatoms. The summed E-state index contributed by atoms with van der Waals surface area (Å²) >= 11 is 3.36. The number of thiophene rings is 2. The van der Waals surface area contributed by atoms with Crippen LogP contribution in [0.1, 0.15) is 46.6 Å². The monoisotopic (exact) mass is 454 g/mol. The maximum atomic E-state index is 10.7. The van der Waals surface area contributed by atoms with Crippen molar-refractivity contribution < 1.29 is 19.4 Å². The van der Waals surface area contributed by atoms with E-state index in [0.717, 1.165) is 35.5 Å². The van der Waals surface area contributed by atoms with Crippen LogP contribution in [0.2, 0.25) is 0 Å². The summed E-state index contributed by atoms with van der Waals surface area (Å²) in [7, 11) is 1.67. The van der Waals surface area contributed by atoms with Gasteiger partial charge in [-0.1, -0.05) is 12.1 Å². The molecule has 2 aromatic heterocycles. The molecule has 3 rings (SSSR count). The Hall–Kier alpha value is -2.83. The molecule has 0 spiro atoms. The molecule has 0 radical (unpaired) electrons. The number of ether oxygens (including phenoxy) is 2. The largest absolute Gasteiger partial charge is 0.496 e. The van der Waals surface area contributed by atoms with Crippen molar-refractivity contribution >= 4 is 52.9 Å². The Kier molecular flexibility index (Phi) is 8.94. The second-order valence-corrected chi connectivity index (χ2v) is 8.84. The first-order valence-corrected chi connectivity index (χ1v) is 11.9. The fourth-order valence-corrected chi connectivity index (χ4v) is 4.24. The number of hydrogen-bond acceptors (Lipinski definition) is 5. The summed E-state index contributed by atoms with van der Waals surface area (Å²) in [6, 6.07) is 12.2. The second kappa shape index (κ2) is 12.1. The van der Waals surface area contributed by atoms with Crippen molar-refractivity contribution in [1.29, 1.82) is 0 Å². The highest BCUT2D eigenvalue weighted by Gasteiger charge is 2.09. The van der Waals surface area contributed by atoms with E-state index in [4.69, 9.17) is 14.6 Å². The Balaban J connectivity index is 1.78. The van der Waals surface area contributed by atoms with Gasteiger partial charge >= 0.3 is 5.97 Å². The zero-order valence-corrected chi connectivity index (χ0v) is 19.1. The molecule has 4 nitrogen and oxygen atoms in total. The van der Waals surface area contributed by atoms with Crippen molar-refractivity contribution in [2.45, 2.75) is 25.7 Å². The lowest BCUT2D eigenvalue weighted by Gasteiger charge is -2.13. The number of hydrogen-bond donors (Lipinski definition) is 1. The van der Waals surface area contributed by atoms with E-state index in [-0.39, 0.29) is 6.42 Å². The first kappa shape index (κ1) is 22.8. The van der Waals surface area contributed by atoms with E-state index in [1.165, 1.54) is 9.75 Å². The first-order chi connectivity index (χ1) is 15.2. The Morgan fingerprint density at radius 3 is 2.06 bits per heavy atom. The van der Waals surface area contributed by atoms with Gasteiger partial charge in [0.25, 0.3) is 0 Å². The van der Waals surface area contributed by atoms with Crippen LogP contribution in [-0.2, 0) is 4.79 Å². The van der Waals surface area contributed by atoms with Gasteiger partial charge in [-0.25, -0.2) is 0 Å². The predicted molar refractivity (Wildman–Crippen MR) is 131 cm³/mol. The van der Waals surface area contributed by atoms with Crippen LogP contribution >= 0.6 is 22.7 Å². The summed E-state index contributed by atoms with van der Waals surface area (Å²) in [5, 5.41) is 12.9. The second-order valence-electron chi connectivity index (χ2n) is 6.88. The van der Waals surface area contributed by atoms with E-state index >= 15 is 0 Å². The Morgan fingerprint density at radius 1 is 0.903 bits per heavy atom. The van der Waals surface area contributed by atoms with Crippen LogP contribution in [0.3, 0.4) is 0 Å². The van der Waals surface area contributed by atoms with E-state index in [1.54, 1.807) is 29.8 Å². The highest BCUT2D eigenvalue weighted by molar-refractivity contribution is 7.11. The number of carboxylic acid groups (broad SMARTS) is 1. The molecule has 0 aliphatic rings. The first-order valence-electron chi connectivity index (χ1n) is 10.2.